The number of nitrogens with one attached hydrogen (secondary N) is 1. The number of ketones is 1. The van der Waals surface area contributed by atoms with Gasteiger partial charge in [0.25, 0.3) is 0 Å². The molecule has 1 unspecified atom stereocenters. The van der Waals surface area contributed by atoms with Crippen molar-refractivity contribution in [2.45, 2.75) is 18.8 Å². The first-order chi connectivity index (χ1) is 9.74. The molecule has 1 aliphatic rings. The average molecular weight is 267 g/mol. The van der Waals surface area contributed by atoms with Gasteiger partial charge in [0.1, 0.15) is 11.6 Å². The molecule has 0 saturated heterocycles. The molecule has 0 amide bonds. The minimum absolute atomic E-state index is 0.0261. The lowest BCUT2D eigenvalue weighted by molar-refractivity contribution is -0.120. The molecule has 0 aliphatic carbocycles. The van der Waals surface area contributed by atoms with Crippen molar-refractivity contribution in [3.05, 3.63) is 53.7 Å². The standard InChI is InChI=1S/C16H17N3O/c17-16-10-11(5-7-19-16)9-15(20)13-6-8-18-14-4-2-1-3-12(13)14/h1-5,7,10,13,18H,6,8-9H2,(H2,17,19). The van der Waals surface area contributed by atoms with Crippen molar-refractivity contribution in [2.24, 2.45) is 0 Å². The third-order valence-electron chi connectivity index (χ3n) is 3.70. The number of Topliss-reactive ketones (excluding diaryl/α,β-unsaturated/α-hetero) is 1. The number of fused-ring (bicyclic) bond motifs is 1. The maximum Gasteiger partial charge on any atom is 0.144 e. The van der Waals surface area contributed by atoms with Crippen molar-refractivity contribution >= 4 is 17.3 Å². The van der Waals surface area contributed by atoms with Gasteiger partial charge < -0.3 is 11.1 Å². The molecule has 3 rings (SSSR count). The number of carbonyl (C=O) groups is 1. The van der Waals surface area contributed by atoms with Gasteiger partial charge in [0.05, 0.1) is 0 Å². The van der Waals surface area contributed by atoms with Gasteiger partial charge in [-0.15, -0.1) is 0 Å². The summed E-state index contributed by atoms with van der Waals surface area (Å²) in [7, 11) is 0. The molecule has 102 valence electrons. The molecule has 20 heavy (non-hydrogen) atoms. The summed E-state index contributed by atoms with van der Waals surface area (Å²) in [5, 5.41) is 3.34. The maximum atomic E-state index is 12.6. The van der Waals surface area contributed by atoms with Gasteiger partial charge in [0.2, 0.25) is 0 Å². The molecule has 1 aromatic carbocycles. The summed E-state index contributed by atoms with van der Waals surface area (Å²) in [5.74, 6) is 0.674. The van der Waals surface area contributed by atoms with Crippen LogP contribution in [0.1, 0.15) is 23.5 Å². The highest BCUT2D eigenvalue weighted by atomic mass is 16.1. The van der Waals surface area contributed by atoms with Crippen molar-refractivity contribution < 1.29 is 4.79 Å². The highest BCUT2D eigenvalue weighted by Gasteiger charge is 2.25. The normalized spacial score (nSPS) is 17.1. The Bertz CT molecular complexity index is 639. The largest absolute Gasteiger partial charge is 0.385 e. The minimum atomic E-state index is -0.0261. The molecule has 0 saturated carbocycles. The Morgan fingerprint density at radius 3 is 3.05 bits per heavy atom. The Morgan fingerprint density at radius 2 is 2.20 bits per heavy atom. The predicted octanol–water partition coefficient (Wildman–Crippen LogP) is 2.37. The molecule has 0 spiro atoms. The molecule has 2 heterocycles. The predicted molar refractivity (Wildman–Crippen MR) is 79.7 cm³/mol. The zero-order valence-electron chi connectivity index (χ0n) is 11.2. The number of nitrogens with two attached hydrogens (primary N) is 1. The van der Waals surface area contributed by atoms with E-state index in [1.807, 2.05) is 30.3 Å². The Balaban J connectivity index is 1.82. The van der Waals surface area contributed by atoms with Crippen LogP contribution in [-0.4, -0.2) is 17.3 Å². The summed E-state index contributed by atoms with van der Waals surface area (Å²) in [6.07, 6.45) is 2.90. The molecule has 0 fully saturated rings. The van der Waals surface area contributed by atoms with E-state index >= 15 is 0 Å². The first-order valence-electron chi connectivity index (χ1n) is 6.80. The molecule has 1 aliphatic heterocycles. The fraction of sp³-hybridized carbons (Fsp3) is 0.250. The number of hydrogen-bond donors (Lipinski definition) is 2. The fourth-order valence-corrected chi connectivity index (χ4v) is 2.73. The Labute approximate surface area is 118 Å². The number of carbonyl (C=O) groups excluding carboxylic acids is 1. The van der Waals surface area contributed by atoms with Gasteiger partial charge in [-0.25, -0.2) is 4.98 Å². The second kappa shape index (κ2) is 5.33. The van der Waals surface area contributed by atoms with E-state index in [-0.39, 0.29) is 11.7 Å². The number of hydrogen-bond acceptors (Lipinski definition) is 4. The third-order valence-corrected chi connectivity index (χ3v) is 3.70. The monoisotopic (exact) mass is 267 g/mol. The molecule has 1 atom stereocenters. The van der Waals surface area contributed by atoms with Gasteiger partial charge in [-0.2, -0.15) is 0 Å². The van der Waals surface area contributed by atoms with E-state index in [0.29, 0.717) is 12.2 Å². The average Bonchev–Trinajstić information content (AvgIpc) is 2.46. The van der Waals surface area contributed by atoms with E-state index in [1.165, 1.54) is 0 Å². The lowest BCUT2D eigenvalue weighted by Gasteiger charge is -2.25. The van der Waals surface area contributed by atoms with Crippen LogP contribution in [0.4, 0.5) is 11.5 Å². The number of rotatable bonds is 3. The van der Waals surface area contributed by atoms with Crippen molar-refractivity contribution in [3.8, 4) is 0 Å². The zero-order chi connectivity index (χ0) is 13.9. The van der Waals surface area contributed by atoms with Crippen LogP contribution in [0.25, 0.3) is 0 Å². The first-order valence-corrected chi connectivity index (χ1v) is 6.80. The number of pyridine rings is 1. The van der Waals surface area contributed by atoms with E-state index in [4.69, 9.17) is 5.73 Å². The lowest BCUT2D eigenvalue weighted by Crippen LogP contribution is -2.24. The van der Waals surface area contributed by atoms with Crippen LogP contribution < -0.4 is 11.1 Å². The summed E-state index contributed by atoms with van der Waals surface area (Å²) in [5.41, 5.74) is 8.76. The van der Waals surface area contributed by atoms with E-state index < -0.39 is 0 Å². The van der Waals surface area contributed by atoms with Crippen LogP contribution in [0, 0.1) is 0 Å². The second-order valence-corrected chi connectivity index (χ2v) is 5.09. The number of aromatic nitrogens is 1. The summed E-state index contributed by atoms with van der Waals surface area (Å²) in [6.45, 7) is 0.839. The highest BCUT2D eigenvalue weighted by Crippen LogP contribution is 2.32. The summed E-state index contributed by atoms with van der Waals surface area (Å²) >= 11 is 0. The second-order valence-electron chi connectivity index (χ2n) is 5.09. The third kappa shape index (κ3) is 2.50. The zero-order valence-corrected chi connectivity index (χ0v) is 11.2. The van der Waals surface area contributed by atoms with Gasteiger partial charge >= 0.3 is 0 Å². The van der Waals surface area contributed by atoms with E-state index in [1.54, 1.807) is 12.3 Å². The fourth-order valence-electron chi connectivity index (χ4n) is 2.73. The van der Waals surface area contributed by atoms with Crippen LogP contribution in [-0.2, 0) is 11.2 Å². The van der Waals surface area contributed by atoms with Crippen molar-refractivity contribution in [1.29, 1.82) is 0 Å². The Kier molecular flexibility index (Phi) is 3.37. The van der Waals surface area contributed by atoms with Crippen LogP contribution >= 0.6 is 0 Å². The Morgan fingerprint density at radius 1 is 1.35 bits per heavy atom. The van der Waals surface area contributed by atoms with Crippen molar-refractivity contribution in [2.75, 3.05) is 17.6 Å². The number of anilines is 2. The molecular formula is C16H17N3O. The van der Waals surface area contributed by atoms with E-state index in [9.17, 15) is 4.79 Å². The van der Waals surface area contributed by atoms with Crippen LogP contribution in [0.15, 0.2) is 42.6 Å². The van der Waals surface area contributed by atoms with Crippen molar-refractivity contribution in [3.63, 3.8) is 0 Å². The van der Waals surface area contributed by atoms with E-state index in [0.717, 1.165) is 29.8 Å². The quantitative estimate of drug-likeness (QED) is 0.896. The van der Waals surface area contributed by atoms with Crippen LogP contribution in [0.2, 0.25) is 0 Å². The van der Waals surface area contributed by atoms with Crippen LogP contribution in [0.3, 0.4) is 0 Å². The number of nitrogen functional groups attached to an aromatic ring is 1. The van der Waals surface area contributed by atoms with Gasteiger partial charge in [0.15, 0.2) is 0 Å². The first kappa shape index (κ1) is 12.7. The maximum absolute atomic E-state index is 12.6. The molecule has 4 heteroatoms. The van der Waals surface area contributed by atoms with E-state index in [2.05, 4.69) is 10.3 Å². The lowest BCUT2D eigenvalue weighted by atomic mass is 9.85. The molecule has 0 radical (unpaired) electrons. The Hall–Kier alpha value is -2.36. The molecule has 0 bridgehead atoms. The van der Waals surface area contributed by atoms with Gasteiger partial charge in [-0.1, -0.05) is 18.2 Å². The van der Waals surface area contributed by atoms with Crippen LogP contribution in [0.5, 0.6) is 0 Å². The van der Waals surface area contributed by atoms with Gasteiger partial charge in [-0.3, -0.25) is 4.79 Å². The molecule has 1 aromatic heterocycles. The molecule has 4 nitrogen and oxygen atoms in total. The molecular weight excluding hydrogens is 250 g/mol. The SMILES string of the molecule is Nc1cc(CC(=O)C2CCNc3ccccc32)ccn1. The van der Waals surface area contributed by atoms with Gasteiger partial charge in [0, 0.05) is 30.8 Å². The van der Waals surface area contributed by atoms with Crippen molar-refractivity contribution in [1.82, 2.24) is 4.98 Å². The number of benzene rings is 1. The molecule has 3 N–H and O–H groups in total. The summed E-state index contributed by atoms with van der Waals surface area (Å²) in [4.78, 5) is 16.5. The minimum Gasteiger partial charge on any atom is -0.385 e. The highest BCUT2D eigenvalue weighted by molar-refractivity contribution is 5.89. The summed E-state index contributed by atoms with van der Waals surface area (Å²) in [6, 6.07) is 11.6. The number of nitrogens with zero attached hydrogens (tertiary/aromatic N) is 1. The summed E-state index contributed by atoms with van der Waals surface area (Å²) < 4.78 is 0. The smallest absolute Gasteiger partial charge is 0.144 e. The molecule has 2 aromatic rings. The topological polar surface area (TPSA) is 68.0 Å². The van der Waals surface area contributed by atoms with Gasteiger partial charge in [-0.05, 0) is 35.7 Å². The number of para-hydroxylation sites is 1.